The number of carboxylic acids is 2. The molecule has 0 heterocycles. The van der Waals surface area contributed by atoms with Crippen molar-refractivity contribution >= 4 is 28.6 Å². The van der Waals surface area contributed by atoms with Gasteiger partial charge in [0.25, 0.3) is 5.91 Å². The first kappa shape index (κ1) is 14.5. The number of hydrogen-bond acceptors (Lipinski definition) is 3. The summed E-state index contributed by atoms with van der Waals surface area (Å²) in [7, 11) is 0. The fourth-order valence-electron chi connectivity index (χ4n) is 2.03. The molecule has 3 N–H and O–H groups in total. The van der Waals surface area contributed by atoms with Crippen molar-refractivity contribution in [3.05, 3.63) is 48.0 Å². The molecule has 0 radical (unpaired) electrons. The Morgan fingerprint density at radius 3 is 2.33 bits per heavy atom. The van der Waals surface area contributed by atoms with Gasteiger partial charge in [-0.2, -0.15) is 0 Å². The van der Waals surface area contributed by atoms with Crippen molar-refractivity contribution in [2.24, 2.45) is 0 Å². The molecule has 2 aromatic carbocycles. The van der Waals surface area contributed by atoms with Crippen LogP contribution in [0.3, 0.4) is 0 Å². The Kier molecular flexibility index (Phi) is 4.18. The first-order valence-corrected chi connectivity index (χ1v) is 6.22. The second-order valence-electron chi connectivity index (χ2n) is 4.49. The van der Waals surface area contributed by atoms with E-state index in [4.69, 9.17) is 10.2 Å². The molecule has 0 bridgehead atoms. The van der Waals surface area contributed by atoms with E-state index in [1.165, 1.54) is 0 Å². The summed E-state index contributed by atoms with van der Waals surface area (Å²) < 4.78 is 0. The standard InChI is InChI=1S/C15H13NO5/c17-13(18)8-12(15(20)21)16-14(19)11-7-3-5-9-4-1-2-6-10(9)11/h1-7,12H,8H2,(H,16,19)(H,17,18)(H,20,21). The van der Waals surface area contributed by atoms with Gasteiger partial charge in [0.2, 0.25) is 0 Å². The Morgan fingerprint density at radius 1 is 1.00 bits per heavy atom. The topological polar surface area (TPSA) is 104 Å². The molecule has 0 aliphatic carbocycles. The summed E-state index contributed by atoms with van der Waals surface area (Å²) in [4.78, 5) is 33.8. The smallest absolute Gasteiger partial charge is 0.326 e. The van der Waals surface area contributed by atoms with E-state index < -0.39 is 30.3 Å². The van der Waals surface area contributed by atoms with Crippen LogP contribution in [0.4, 0.5) is 0 Å². The van der Waals surface area contributed by atoms with Crippen LogP contribution in [-0.2, 0) is 9.59 Å². The Morgan fingerprint density at radius 2 is 1.67 bits per heavy atom. The third kappa shape index (κ3) is 3.36. The summed E-state index contributed by atoms with van der Waals surface area (Å²) in [6.07, 6.45) is -0.675. The van der Waals surface area contributed by atoms with E-state index in [1.807, 2.05) is 18.2 Å². The molecule has 6 nitrogen and oxygen atoms in total. The summed E-state index contributed by atoms with van der Waals surface area (Å²) in [5.41, 5.74) is 0.310. The SMILES string of the molecule is O=C(O)CC(NC(=O)c1cccc2ccccc12)C(=O)O. The molecule has 0 aromatic heterocycles. The molecule has 0 saturated carbocycles. The van der Waals surface area contributed by atoms with Gasteiger partial charge in [0.05, 0.1) is 6.42 Å². The zero-order valence-electron chi connectivity index (χ0n) is 10.9. The molecule has 6 heteroatoms. The second-order valence-corrected chi connectivity index (χ2v) is 4.49. The van der Waals surface area contributed by atoms with Gasteiger partial charge in [0.1, 0.15) is 6.04 Å². The largest absolute Gasteiger partial charge is 0.481 e. The van der Waals surface area contributed by atoms with Gasteiger partial charge in [-0.25, -0.2) is 4.79 Å². The van der Waals surface area contributed by atoms with Crippen molar-refractivity contribution in [1.82, 2.24) is 5.32 Å². The summed E-state index contributed by atoms with van der Waals surface area (Å²) in [5, 5.41) is 21.4. The number of rotatable bonds is 5. The van der Waals surface area contributed by atoms with Crippen molar-refractivity contribution in [3.63, 3.8) is 0 Å². The van der Waals surface area contributed by atoms with Gasteiger partial charge in [-0.15, -0.1) is 0 Å². The van der Waals surface area contributed by atoms with Crippen molar-refractivity contribution in [3.8, 4) is 0 Å². The Labute approximate surface area is 120 Å². The fourth-order valence-corrected chi connectivity index (χ4v) is 2.03. The lowest BCUT2D eigenvalue weighted by atomic mass is 10.0. The second kappa shape index (κ2) is 6.04. The van der Waals surface area contributed by atoms with Gasteiger partial charge in [0.15, 0.2) is 0 Å². The normalized spacial score (nSPS) is 11.8. The molecule has 108 valence electrons. The highest BCUT2D eigenvalue weighted by molar-refractivity contribution is 6.08. The number of carbonyl (C=O) groups is 3. The maximum absolute atomic E-state index is 12.2. The van der Waals surface area contributed by atoms with E-state index >= 15 is 0 Å². The molecule has 0 spiro atoms. The van der Waals surface area contributed by atoms with Crippen molar-refractivity contribution in [2.75, 3.05) is 0 Å². The lowest BCUT2D eigenvalue weighted by molar-refractivity contribution is -0.145. The van der Waals surface area contributed by atoms with Crippen LogP contribution in [0.25, 0.3) is 10.8 Å². The van der Waals surface area contributed by atoms with Crippen LogP contribution in [0, 0.1) is 0 Å². The minimum Gasteiger partial charge on any atom is -0.481 e. The van der Waals surface area contributed by atoms with Gasteiger partial charge in [-0.05, 0) is 16.8 Å². The fraction of sp³-hybridized carbons (Fsp3) is 0.133. The zero-order valence-corrected chi connectivity index (χ0v) is 10.9. The maximum Gasteiger partial charge on any atom is 0.326 e. The number of benzene rings is 2. The average Bonchev–Trinajstić information content (AvgIpc) is 2.45. The number of aliphatic carboxylic acids is 2. The van der Waals surface area contributed by atoms with E-state index in [1.54, 1.807) is 24.3 Å². The van der Waals surface area contributed by atoms with Crippen LogP contribution in [-0.4, -0.2) is 34.1 Å². The van der Waals surface area contributed by atoms with Crippen LogP contribution in [0.15, 0.2) is 42.5 Å². The van der Waals surface area contributed by atoms with Gasteiger partial charge in [0, 0.05) is 5.56 Å². The van der Waals surface area contributed by atoms with E-state index in [2.05, 4.69) is 5.32 Å². The lowest BCUT2D eigenvalue weighted by Crippen LogP contribution is -2.42. The van der Waals surface area contributed by atoms with Crippen LogP contribution in [0.1, 0.15) is 16.8 Å². The maximum atomic E-state index is 12.2. The number of carboxylic acid groups (broad SMARTS) is 2. The molecule has 21 heavy (non-hydrogen) atoms. The lowest BCUT2D eigenvalue weighted by Gasteiger charge is -2.13. The van der Waals surface area contributed by atoms with E-state index in [0.29, 0.717) is 10.9 Å². The van der Waals surface area contributed by atoms with E-state index in [-0.39, 0.29) is 0 Å². The van der Waals surface area contributed by atoms with Crippen molar-refractivity contribution in [1.29, 1.82) is 0 Å². The van der Waals surface area contributed by atoms with Crippen molar-refractivity contribution in [2.45, 2.75) is 12.5 Å². The number of nitrogens with one attached hydrogen (secondary N) is 1. The van der Waals surface area contributed by atoms with E-state index in [0.717, 1.165) is 5.39 Å². The third-order valence-corrected chi connectivity index (χ3v) is 3.02. The van der Waals surface area contributed by atoms with Crippen LogP contribution >= 0.6 is 0 Å². The molecule has 1 amide bonds. The van der Waals surface area contributed by atoms with E-state index in [9.17, 15) is 14.4 Å². The molecule has 1 unspecified atom stereocenters. The molecule has 0 aliphatic rings. The molecular formula is C15H13NO5. The quantitative estimate of drug-likeness (QED) is 0.773. The Hall–Kier alpha value is -2.89. The molecule has 0 saturated heterocycles. The molecule has 1 atom stereocenters. The molecule has 2 aromatic rings. The predicted octanol–water partition coefficient (Wildman–Crippen LogP) is 1.50. The zero-order chi connectivity index (χ0) is 15.4. The Balaban J connectivity index is 2.29. The first-order valence-electron chi connectivity index (χ1n) is 6.22. The number of carbonyl (C=O) groups excluding carboxylic acids is 1. The summed E-state index contributed by atoms with van der Waals surface area (Å²) in [6, 6.07) is 10.8. The van der Waals surface area contributed by atoms with Gasteiger partial charge in [-0.1, -0.05) is 36.4 Å². The third-order valence-electron chi connectivity index (χ3n) is 3.02. The molecular weight excluding hydrogens is 274 g/mol. The molecule has 2 rings (SSSR count). The predicted molar refractivity (Wildman–Crippen MR) is 75.1 cm³/mol. The molecule has 0 aliphatic heterocycles. The first-order chi connectivity index (χ1) is 9.99. The van der Waals surface area contributed by atoms with Crippen molar-refractivity contribution < 1.29 is 24.6 Å². The minimum atomic E-state index is -1.46. The van der Waals surface area contributed by atoms with Gasteiger partial charge >= 0.3 is 11.9 Å². The van der Waals surface area contributed by atoms with Gasteiger partial charge < -0.3 is 15.5 Å². The summed E-state index contributed by atoms with van der Waals surface area (Å²) in [5.74, 6) is -3.29. The van der Waals surface area contributed by atoms with Crippen LogP contribution < -0.4 is 5.32 Å². The highest BCUT2D eigenvalue weighted by Gasteiger charge is 2.24. The van der Waals surface area contributed by atoms with Crippen LogP contribution in [0.2, 0.25) is 0 Å². The number of fused-ring (bicyclic) bond motifs is 1. The number of amides is 1. The van der Waals surface area contributed by atoms with Crippen LogP contribution in [0.5, 0.6) is 0 Å². The monoisotopic (exact) mass is 287 g/mol. The average molecular weight is 287 g/mol. The highest BCUT2D eigenvalue weighted by Crippen LogP contribution is 2.18. The Bertz CT molecular complexity index is 705. The highest BCUT2D eigenvalue weighted by atomic mass is 16.4. The summed E-state index contributed by atoms with van der Waals surface area (Å²) >= 11 is 0. The van der Waals surface area contributed by atoms with Gasteiger partial charge in [-0.3, -0.25) is 9.59 Å². The minimum absolute atomic E-state index is 0.310. The number of hydrogen-bond donors (Lipinski definition) is 3. The molecule has 0 fully saturated rings. The summed E-state index contributed by atoms with van der Waals surface area (Å²) in [6.45, 7) is 0.